The molecule has 0 radical (unpaired) electrons. The number of hydrogen-bond acceptors (Lipinski definition) is 5. The molecule has 0 spiro atoms. The molecular weight excluding hydrogens is 373 g/mol. The highest BCUT2D eigenvalue weighted by atomic mass is 19.1. The second-order valence-corrected chi connectivity index (χ2v) is 6.71. The number of nitrogens with one attached hydrogen (secondary N) is 2. The molecule has 1 aromatic carbocycles. The van der Waals surface area contributed by atoms with Crippen molar-refractivity contribution < 1.29 is 9.13 Å². The number of guanidine groups is 1. The molecule has 9 heteroatoms. The van der Waals surface area contributed by atoms with E-state index in [2.05, 4.69) is 25.8 Å². The molecule has 2 aromatic heterocycles. The molecule has 152 valence electrons. The number of halogens is 1. The highest BCUT2D eigenvalue weighted by Crippen LogP contribution is 2.21. The summed E-state index contributed by atoms with van der Waals surface area (Å²) in [6.45, 7) is 3.61. The molecule has 0 saturated carbocycles. The fourth-order valence-corrected chi connectivity index (χ4v) is 3.30. The number of fused-ring (bicyclic) bond motifs is 1. The van der Waals surface area contributed by atoms with Crippen molar-refractivity contribution in [3.8, 4) is 0 Å². The Labute approximate surface area is 168 Å². The summed E-state index contributed by atoms with van der Waals surface area (Å²) in [7, 11) is 1.69. The van der Waals surface area contributed by atoms with Gasteiger partial charge < -0.3 is 20.3 Å². The molecule has 0 aliphatic carbocycles. The largest absolute Gasteiger partial charge is 0.378 e. The van der Waals surface area contributed by atoms with Crippen LogP contribution < -0.4 is 15.5 Å². The van der Waals surface area contributed by atoms with Gasteiger partial charge >= 0.3 is 0 Å². The lowest BCUT2D eigenvalue weighted by molar-refractivity contribution is 0.122. The maximum Gasteiger partial charge on any atom is 0.191 e. The number of morpholine rings is 1. The number of ether oxygens (including phenoxy) is 1. The zero-order valence-corrected chi connectivity index (χ0v) is 16.3. The molecule has 8 nitrogen and oxygen atoms in total. The molecule has 1 aliphatic rings. The van der Waals surface area contributed by atoms with Crippen molar-refractivity contribution in [1.82, 2.24) is 25.2 Å². The first-order chi connectivity index (χ1) is 14.2. The van der Waals surface area contributed by atoms with Gasteiger partial charge in [-0.15, -0.1) is 10.2 Å². The molecule has 1 aliphatic heterocycles. The van der Waals surface area contributed by atoms with E-state index < -0.39 is 0 Å². The second-order valence-electron chi connectivity index (χ2n) is 6.71. The van der Waals surface area contributed by atoms with Crippen molar-refractivity contribution in [2.75, 3.05) is 38.3 Å². The normalized spacial score (nSPS) is 15.0. The van der Waals surface area contributed by atoms with Gasteiger partial charge in [0.2, 0.25) is 0 Å². The zero-order valence-electron chi connectivity index (χ0n) is 16.3. The highest BCUT2D eigenvalue weighted by Gasteiger charge is 2.15. The van der Waals surface area contributed by atoms with Crippen LogP contribution in [0.3, 0.4) is 0 Å². The Kier molecular flexibility index (Phi) is 5.85. The molecule has 3 aromatic rings. The van der Waals surface area contributed by atoms with Crippen LogP contribution in [0.15, 0.2) is 47.6 Å². The molecule has 4 rings (SSSR count). The van der Waals surface area contributed by atoms with Gasteiger partial charge in [0.05, 0.1) is 25.4 Å². The molecule has 3 heterocycles. The average Bonchev–Trinajstić information content (AvgIpc) is 3.18. The minimum Gasteiger partial charge on any atom is -0.378 e. The molecule has 0 atom stereocenters. The number of benzene rings is 1. The SMILES string of the molecule is CN=C(NCc1ccc(N2CCOCC2)c(F)c1)NCc1nnc2ccccn12. The predicted octanol–water partition coefficient (Wildman–Crippen LogP) is 1.57. The Morgan fingerprint density at radius 3 is 2.76 bits per heavy atom. The average molecular weight is 397 g/mol. The minimum absolute atomic E-state index is 0.218. The summed E-state index contributed by atoms with van der Waals surface area (Å²) in [5.41, 5.74) is 2.26. The lowest BCUT2D eigenvalue weighted by atomic mass is 10.1. The summed E-state index contributed by atoms with van der Waals surface area (Å²) in [6.07, 6.45) is 1.92. The maximum atomic E-state index is 14.5. The Morgan fingerprint density at radius 2 is 1.97 bits per heavy atom. The predicted molar refractivity (Wildman–Crippen MR) is 109 cm³/mol. The Hall–Kier alpha value is -3.20. The number of aromatic nitrogens is 3. The second kappa shape index (κ2) is 8.87. The van der Waals surface area contributed by atoms with Crippen molar-refractivity contribution in [3.63, 3.8) is 0 Å². The van der Waals surface area contributed by atoms with Crippen LogP contribution in [-0.2, 0) is 17.8 Å². The molecule has 1 saturated heterocycles. The lowest BCUT2D eigenvalue weighted by Crippen LogP contribution is -2.37. The van der Waals surface area contributed by atoms with Gasteiger partial charge in [-0.3, -0.25) is 9.39 Å². The number of nitrogens with zero attached hydrogens (tertiary/aromatic N) is 5. The number of rotatable bonds is 5. The van der Waals surface area contributed by atoms with Crippen molar-refractivity contribution in [2.24, 2.45) is 4.99 Å². The molecular formula is C20H24FN7O. The number of anilines is 1. The molecule has 1 fully saturated rings. The van der Waals surface area contributed by atoms with Gasteiger partial charge in [0.25, 0.3) is 0 Å². The van der Waals surface area contributed by atoms with Gasteiger partial charge in [-0.1, -0.05) is 12.1 Å². The van der Waals surface area contributed by atoms with E-state index in [-0.39, 0.29) is 5.82 Å². The monoisotopic (exact) mass is 397 g/mol. The number of aliphatic imine (C=N–C) groups is 1. The van der Waals surface area contributed by atoms with Crippen molar-refractivity contribution in [2.45, 2.75) is 13.1 Å². The molecule has 29 heavy (non-hydrogen) atoms. The van der Waals surface area contributed by atoms with Gasteiger partial charge in [-0.05, 0) is 29.8 Å². The third-order valence-electron chi connectivity index (χ3n) is 4.85. The van der Waals surface area contributed by atoms with Crippen molar-refractivity contribution in [1.29, 1.82) is 0 Å². The van der Waals surface area contributed by atoms with Crippen LogP contribution in [0.5, 0.6) is 0 Å². The quantitative estimate of drug-likeness (QED) is 0.503. The third-order valence-corrected chi connectivity index (χ3v) is 4.85. The Morgan fingerprint density at radius 1 is 1.14 bits per heavy atom. The van der Waals surface area contributed by atoms with E-state index in [1.807, 2.05) is 45.8 Å². The van der Waals surface area contributed by atoms with Crippen LogP contribution in [0.2, 0.25) is 0 Å². The van der Waals surface area contributed by atoms with E-state index in [4.69, 9.17) is 4.74 Å². The molecule has 0 amide bonds. The van der Waals surface area contributed by atoms with E-state index in [0.717, 1.165) is 17.0 Å². The van der Waals surface area contributed by atoms with Crippen LogP contribution in [0, 0.1) is 5.82 Å². The minimum atomic E-state index is -0.218. The van der Waals surface area contributed by atoms with Crippen LogP contribution in [0.1, 0.15) is 11.4 Å². The Bertz CT molecular complexity index is 997. The molecule has 0 bridgehead atoms. The summed E-state index contributed by atoms with van der Waals surface area (Å²) in [6, 6.07) is 11.1. The van der Waals surface area contributed by atoms with E-state index in [1.54, 1.807) is 13.1 Å². The van der Waals surface area contributed by atoms with Gasteiger partial charge in [0.1, 0.15) is 5.82 Å². The third kappa shape index (κ3) is 4.45. The van der Waals surface area contributed by atoms with E-state index >= 15 is 0 Å². The summed E-state index contributed by atoms with van der Waals surface area (Å²) < 4.78 is 21.8. The van der Waals surface area contributed by atoms with Crippen molar-refractivity contribution >= 4 is 17.3 Å². The lowest BCUT2D eigenvalue weighted by Gasteiger charge is -2.29. The van der Waals surface area contributed by atoms with Crippen molar-refractivity contribution in [3.05, 3.63) is 59.8 Å². The summed E-state index contributed by atoms with van der Waals surface area (Å²) in [4.78, 5) is 6.23. The number of pyridine rings is 1. The van der Waals surface area contributed by atoms with Gasteiger partial charge in [0.15, 0.2) is 17.4 Å². The highest BCUT2D eigenvalue weighted by molar-refractivity contribution is 5.79. The fraction of sp³-hybridized carbons (Fsp3) is 0.350. The van der Waals surface area contributed by atoms with Gasteiger partial charge in [-0.2, -0.15) is 0 Å². The fourth-order valence-electron chi connectivity index (χ4n) is 3.30. The first kappa shape index (κ1) is 19.1. The first-order valence-corrected chi connectivity index (χ1v) is 9.59. The molecule has 2 N–H and O–H groups in total. The van der Waals surface area contributed by atoms with Gasteiger partial charge in [-0.25, -0.2) is 4.39 Å². The standard InChI is InChI=1S/C20H24FN7O/c1-22-20(24-14-19-26-25-18-4-2-3-7-28(18)19)23-13-15-5-6-17(16(21)12-15)27-8-10-29-11-9-27/h2-7,12H,8-11,13-14H2,1H3,(H2,22,23,24). The summed E-state index contributed by atoms with van der Waals surface area (Å²) in [5, 5.41) is 14.7. The maximum absolute atomic E-state index is 14.5. The van der Waals surface area contributed by atoms with E-state index in [0.29, 0.717) is 51.0 Å². The van der Waals surface area contributed by atoms with Crippen LogP contribution in [0.4, 0.5) is 10.1 Å². The first-order valence-electron chi connectivity index (χ1n) is 9.59. The molecule has 0 unspecified atom stereocenters. The zero-order chi connectivity index (χ0) is 20.1. The summed E-state index contributed by atoms with van der Waals surface area (Å²) in [5.74, 6) is 1.17. The van der Waals surface area contributed by atoms with E-state index in [1.165, 1.54) is 0 Å². The van der Waals surface area contributed by atoms with Crippen LogP contribution >= 0.6 is 0 Å². The summed E-state index contributed by atoms with van der Waals surface area (Å²) >= 11 is 0. The van der Waals surface area contributed by atoms with Crippen LogP contribution in [0.25, 0.3) is 5.65 Å². The smallest absolute Gasteiger partial charge is 0.191 e. The number of hydrogen-bond donors (Lipinski definition) is 2. The van der Waals surface area contributed by atoms with Gasteiger partial charge in [0, 0.05) is 32.9 Å². The topological polar surface area (TPSA) is 79.1 Å². The van der Waals surface area contributed by atoms with E-state index in [9.17, 15) is 4.39 Å². The Balaban J connectivity index is 1.34. The van der Waals surface area contributed by atoms with Crippen LogP contribution in [-0.4, -0.2) is 53.9 Å².